The number of phenolic OH excluding ortho intramolecular Hbond substituents is 1. The van der Waals surface area contributed by atoms with Crippen molar-refractivity contribution in [1.29, 1.82) is 0 Å². The van der Waals surface area contributed by atoms with Crippen molar-refractivity contribution < 1.29 is 24.3 Å². The van der Waals surface area contributed by atoms with E-state index in [0.29, 0.717) is 6.42 Å². The van der Waals surface area contributed by atoms with E-state index in [1.807, 2.05) is 30.3 Å². The molecule has 0 fully saturated rings. The first-order valence-corrected chi connectivity index (χ1v) is 12.0. The van der Waals surface area contributed by atoms with Crippen LogP contribution in [0.1, 0.15) is 18.1 Å². The van der Waals surface area contributed by atoms with Crippen LogP contribution >= 0.6 is 0 Å². The Morgan fingerprint density at radius 3 is 2.14 bits per heavy atom. The van der Waals surface area contributed by atoms with Gasteiger partial charge in [0.2, 0.25) is 23.6 Å². The summed E-state index contributed by atoms with van der Waals surface area (Å²) in [5, 5.41) is 17.1. The number of rotatable bonds is 13. The van der Waals surface area contributed by atoms with Crippen molar-refractivity contribution in [3.8, 4) is 5.75 Å². The number of carbonyl (C=O) groups is 4. The fraction of sp³-hybridized carbons (Fsp3) is 0.385. The molecular weight excluding hydrogens is 476 g/mol. The molecule has 0 aromatic heterocycles. The number of amides is 4. The average Bonchev–Trinajstić information content (AvgIpc) is 2.90. The molecule has 3 atom stereocenters. The second kappa shape index (κ2) is 14.6. The van der Waals surface area contributed by atoms with Crippen LogP contribution in [0.5, 0.6) is 5.75 Å². The molecule has 0 bridgehead atoms. The second-order valence-electron chi connectivity index (χ2n) is 8.72. The Balaban J connectivity index is 1.90. The van der Waals surface area contributed by atoms with Gasteiger partial charge in [-0.05, 0) is 36.6 Å². The van der Waals surface area contributed by atoms with E-state index in [-0.39, 0.29) is 37.7 Å². The minimum absolute atomic E-state index is 0.106. The van der Waals surface area contributed by atoms with Gasteiger partial charge in [-0.2, -0.15) is 0 Å². The van der Waals surface area contributed by atoms with E-state index in [1.54, 1.807) is 12.1 Å². The van der Waals surface area contributed by atoms with E-state index in [4.69, 9.17) is 11.5 Å². The highest BCUT2D eigenvalue weighted by Gasteiger charge is 2.28. The predicted octanol–water partition coefficient (Wildman–Crippen LogP) is -0.972. The third-order valence-electron chi connectivity index (χ3n) is 5.77. The van der Waals surface area contributed by atoms with E-state index in [2.05, 4.69) is 16.0 Å². The predicted molar refractivity (Wildman–Crippen MR) is 139 cm³/mol. The van der Waals surface area contributed by atoms with Crippen LogP contribution in [0.15, 0.2) is 54.6 Å². The lowest BCUT2D eigenvalue weighted by molar-refractivity contribution is -0.139. The standard InChI is InChI=1S/C26H36N6O5/c1-17(31-25(36)21(28)14-19-8-10-20(33)11-9-19)24(35)30-16-23(34)32(2)22(26(37)29-13-12-27)15-18-6-4-3-5-7-18/h3-11,17,21-22,33H,12-16,27-28H2,1-2H3,(H,29,37)(H,30,35)(H,31,36)/t17-,21+,22+/m1/s1. The first-order chi connectivity index (χ1) is 17.6. The summed E-state index contributed by atoms with van der Waals surface area (Å²) < 4.78 is 0. The molecule has 0 aliphatic rings. The summed E-state index contributed by atoms with van der Waals surface area (Å²) in [4.78, 5) is 51.7. The Morgan fingerprint density at radius 1 is 0.892 bits per heavy atom. The molecule has 0 saturated heterocycles. The summed E-state index contributed by atoms with van der Waals surface area (Å²) in [5.41, 5.74) is 13.1. The van der Waals surface area contributed by atoms with E-state index in [0.717, 1.165) is 11.1 Å². The first kappa shape index (κ1) is 29.3. The van der Waals surface area contributed by atoms with Crippen molar-refractivity contribution in [2.75, 3.05) is 26.7 Å². The van der Waals surface area contributed by atoms with Gasteiger partial charge in [-0.1, -0.05) is 42.5 Å². The third-order valence-corrected chi connectivity index (χ3v) is 5.77. The summed E-state index contributed by atoms with van der Waals surface area (Å²) in [6, 6.07) is 12.9. The van der Waals surface area contributed by atoms with Crippen LogP contribution in [0.4, 0.5) is 0 Å². The number of phenols is 1. The van der Waals surface area contributed by atoms with E-state index in [9.17, 15) is 24.3 Å². The van der Waals surface area contributed by atoms with Gasteiger partial charge in [0.05, 0.1) is 12.6 Å². The smallest absolute Gasteiger partial charge is 0.243 e. The molecule has 8 N–H and O–H groups in total. The third kappa shape index (κ3) is 9.54. The summed E-state index contributed by atoms with van der Waals surface area (Å²) in [6.07, 6.45) is 0.511. The zero-order valence-corrected chi connectivity index (χ0v) is 21.1. The molecule has 0 heterocycles. The number of carbonyl (C=O) groups excluding carboxylic acids is 4. The van der Waals surface area contributed by atoms with Crippen molar-refractivity contribution in [3.63, 3.8) is 0 Å². The normalized spacial score (nSPS) is 13.1. The van der Waals surface area contributed by atoms with Crippen LogP contribution in [-0.2, 0) is 32.0 Å². The molecule has 0 unspecified atom stereocenters. The van der Waals surface area contributed by atoms with Crippen molar-refractivity contribution in [2.45, 2.75) is 37.9 Å². The number of aromatic hydroxyl groups is 1. The molecule has 4 amide bonds. The van der Waals surface area contributed by atoms with Crippen LogP contribution in [0.25, 0.3) is 0 Å². The Bertz CT molecular complexity index is 1050. The average molecular weight is 513 g/mol. The summed E-state index contributed by atoms with van der Waals surface area (Å²) in [5.74, 6) is -1.81. The van der Waals surface area contributed by atoms with Gasteiger partial charge >= 0.3 is 0 Å². The minimum atomic E-state index is -0.940. The van der Waals surface area contributed by atoms with Crippen LogP contribution < -0.4 is 27.4 Å². The van der Waals surface area contributed by atoms with Gasteiger partial charge in [-0.25, -0.2) is 0 Å². The maximum Gasteiger partial charge on any atom is 0.243 e. The van der Waals surface area contributed by atoms with Gasteiger partial charge in [0.15, 0.2) is 0 Å². The van der Waals surface area contributed by atoms with Crippen LogP contribution in [0.3, 0.4) is 0 Å². The molecule has 11 heteroatoms. The minimum Gasteiger partial charge on any atom is -0.508 e. The Kier molecular flexibility index (Phi) is 11.5. The second-order valence-corrected chi connectivity index (χ2v) is 8.72. The molecule has 2 aromatic carbocycles. The number of likely N-dealkylation sites (N-methyl/N-ethyl adjacent to an activating group) is 1. The molecule has 2 aromatic rings. The highest BCUT2D eigenvalue weighted by atomic mass is 16.3. The quantitative estimate of drug-likeness (QED) is 0.200. The van der Waals surface area contributed by atoms with E-state index >= 15 is 0 Å². The topological polar surface area (TPSA) is 180 Å². The largest absolute Gasteiger partial charge is 0.508 e. The number of benzene rings is 2. The lowest BCUT2D eigenvalue weighted by Crippen LogP contribution is -2.54. The van der Waals surface area contributed by atoms with Gasteiger partial charge in [-0.15, -0.1) is 0 Å². The molecular formula is C26H36N6O5. The monoisotopic (exact) mass is 512 g/mol. The number of hydrogen-bond donors (Lipinski definition) is 6. The van der Waals surface area contributed by atoms with Gasteiger partial charge < -0.3 is 37.4 Å². The number of hydrogen-bond acceptors (Lipinski definition) is 7. The Morgan fingerprint density at radius 2 is 1.51 bits per heavy atom. The number of nitrogens with one attached hydrogen (secondary N) is 3. The van der Waals surface area contributed by atoms with Gasteiger partial charge in [0.25, 0.3) is 0 Å². The fourth-order valence-electron chi connectivity index (χ4n) is 3.54. The zero-order chi connectivity index (χ0) is 27.4. The number of nitrogens with two attached hydrogens (primary N) is 2. The van der Waals surface area contributed by atoms with Crippen LogP contribution in [0.2, 0.25) is 0 Å². The Hall–Kier alpha value is -3.96. The molecule has 37 heavy (non-hydrogen) atoms. The van der Waals surface area contributed by atoms with Gasteiger partial charge in [-0.3, -0.25) is 19.2 Å². The molecule has 0 saturated carbocycles. The SMILES string of the molecule is C[C@@H](NC(=O)[C@@H](N)Cc1ccc(O)cc1)C(=O)NCC(=O)N(C)[C@@H](Cc1ccccc1)C(=O)NCCN. The molecule has 0 aliphatic carbocycles. The highest BCUT2D eigenvalue weighted by molar-refractivity contribution is 5.93. The lowest BCUT2D eigenvalue weighted by atomic mass is 10.0. The molecule has 11 nitrogen and oxygen atoms in total. The molecule has 0 aliphatic heterocycles. The number of nitrogens with zero attached hydrogens (tertiary/aromatic N) is 1. The van der Waals surface area contributed by atoms with Crippen LogP contribution in [-0.4, -0.2) is 78.4 Å². The zero-order valence-electron chi connectivity index (χ0n) is 21.1. The maximum atomic E-state index is 12.8. The molecule has 2 rings (SSSR count). The molecule has 200 valence electrons. The molecule has 0 spiro atoms. The van der Waals surface area contributed by atoms with E-state index < -0.39 is 35.8 Å². The van der Waals surface area contributed by atoms with Crippen molar-refractivity contribution in [3.05, 3.63) is 65.7 Å². The van der Waals surface area contributed by atoms with Crippen molar-refractivity contribution in [2.24, 2.45) is 11.5 Å². The van der Waals surface area contributed by atoms with E-state index in [1.165, 1.54) is 31.0 Å². The molecule has 0 radical (unpaired) electrons. The maximum absolute atomic E-state index is 12.8. The van der Waals surface area contributed by atoms with Gasteiger partial charge in [0, 0.05) is 26.6 Å². The summed E-state index contributed by atoms with van der Waals surface area (Å²) in [6.45, 7) is 1.66. The first-order valence-electron chi connectivity index (χ1n) is 12.0. The van der Waals surface area contributed by atoms with Gasteiger partial charge in [0.1, 0.15) is 17.8 Å². The van der Waals surface area contributed by atoms with Crippen molar-refractivity contribution in [1.82, 2.24) is 20.9 Å². The fourth-order valence-corrected chi connectivity index (χ4v) is 3.54. The summed E-state index contributed by atoms with van der Waals surface area (Å²) in [7, 11) is 1.50. The highest BCUT2D eigenvalue weighted by Crippen LogP contribution is 2.11. The van der Waals surface area contributed by atoms with Crippen molar-refractivity contribution >= 4 is 23.6 Å². The van der Waals surface area contributed by atoms with Crippen LogP contribution in [0, 0.1) is 0 Å². The lowest BCUT2D eigenvalue weighted by Gasteiger charge is -2.28. The Labute approximate surface area is 216 Å². The summed E-state index contributed by atoms with van der Waals surface area (Å²) >= 11 is 0.